The van der Waals surface area contributed by atoms with Gasteiger partial charge < -0.3 is 9.94 Å². The van der Waals surface area contributed by atoms with Crippen LogP contribution in [0, 0.1) is 0 Å². The Balaban J connectivity index is 2.07. The summed E-state index contributed by atoms with van der Waals surface area (Å²) in [5.74, 6) is 1.01. The maximum Gasteiger partial charge on any atom is 0.127 e. The van der Waals surface area contributed by atoms with E-state index in [-0.39, 0.29) is 0 Å². The third-order valence-corrected chi connectivity index (χ3v) is 2.99. The molecule has 0 saturated carbocycles. The van der Waals surface area contributed by atoms with Crippen LogP contribution in [0.15, 0.2) is 35.2 Å². The Labute approximate surface area is 94.8 Å². The van der Waals surface area contributed by atoms with Gasteiger partial charge in [-0.05, 0) is 30.7 Å². The molecule has 0 radical (unpaired) electrons. The van der Waals surface area contributed by atoms with Crippen LogP contribution in [-0.2, 0) is 4.84 Å². The second kappa shape index (κ2) is 7.70. The van der Waals surface area contributed by atoms with Crippen molar-refractivity contribution in [3.8, 4) is 0 Å². The van der Waals surface area contributed by atoms with Crippen LogP contribution < -0.4 is 5.48 Å². The van der Waals surface area contributed by atoms with E-state index in [1.54, 1.807) is 11.8 Å². The van der Waals surface area contributed by atoms with Gasteiger partial charge in [-0.2, -0.15) is 5.48 Å². The quantitative estimate of drug-likeness (QED) is 0.324. The van der Waals surface area contributed by atoms with Crippen LogP contribution in [0.5, 0.6) is 0 Å². The molecule has 1 unspecified atom stereocenters. The Morgan fingerprint density at radius 1 is 1.40 bits per heavy atom. The Morgan fingerprint density at radius 2 is 2.13 bits per heavy atom. The highest BCUT2D eigenvalue weighted by Gasteiger charge is 2.01. The number of hydrogen-bond donors (Lipinski definition) is 2. The zero-order chi connectivity index (χ0) is 10.9. The van der Waals surface area contributed by atoms with Crippen molar-refractivity contribution >= 4 is 11.8 Å². The van der Waals surface area contributed by atoms with Gasteiger partial charge in [0.15, 0.2) is 0 Å². The minimum absolute atomic E-state index is 0.564. The molecule has 0 aliphatic carbocycles. The molecule has 0 amide bonds. The molecule has 4 heteroatoms. The van der Waals surface area contributed by atoms with Crippen LogP contribution in [0.3, 0.4) is 0 Å². The van der Waals surface area contributed by atoms with E-state index in [1.165, 1.54) is 12.0 Å². The normalized spacial score (nSPS) is 12.7. The lowest BCUT2D eigenvalue weighted by Crippen LogP contribution is -2.27. The first-order valence-electron chi connectivity index (χ1n) is 4.97. The van der Waals surface area contributed by atoms with Crippen molar-refractivity contribution in [2.24, 2.45) is 0 Å². The molecular weight excluding hydrogens is 210 g/mol. The number of thioether (sulfide) groups is 1. The number of aliphatic hydroxyl groups excluding tert-OH is 1. The van der Waals surface area contributed by atoms with Gasteiger partial charge in [-0.3, -0.25) is 0 Å². The van der Waals surface area contributed by atoms with Gasteiger partial charge >= 0.3 is 0 Å². The van der Waals surface area contributed by atoms with Gasteiger partial charge in [0.1, 0.15) is 6.23 Å². The lowest BCUT2D eigenvalue weighted by Gasteiger charge is -2.09. The molecule has 0 aliphatic heterocycles. The van der Waals surface area contributed by atoms with Crippen molar-refractivity contribution in [2.75, 3.05) is 12.9 Å². The van der Waals surface area contributed by atoms with Gasteiger partial charge in [0.05, 0.1) is 7.11 Å². The second-order valence-electron chi connectivity index (χ2n) is 3.14. The lowest BCUT2D eigenvalue weighted by atomic mass is 10.3. The van der Waals surface area contributed by atoms with Crippen LogP contribution in [0.2, 0.25) is 0 Å². The van der Waals surface area contributed by atoms with Crippen molar-refractivity contribution in [2.45, 2.75) is 24.0 Å². The van der Waals surface area contributed by atoms with Gasteiger partial charge in [0.25, 0.3) is 0 Å². The van der Waals surface area contributed by atoms with Gasteiger partial charge in [-0.15, -0.1) is 11.8 Å². The number of nitrogens with one attached hydrogen (secondary N) is 1. The summed E-state index contributed by atoms with van der Waals surface area (Å²) in [6.45, 7) is 0. The van der Waals surface area contributed by atoms with Crippen molar-refractivity contribution in [1.82, 2.24) is 5.48 Å². The van der Waals surface area contributed by atoms with Gasteiger partial charge in [-0.25, -0.2) is 0 Å². The molecule has 84 valence electrons. The molecule has 3 nitrogen and oxygen atoms in total. The first-order valence-corrected chi connectivity index (χ1v) is 5.96. The topological polar surface area (TPSA) is 41.5 Å². The monoisotopic (exact) mass is 227 g/mol. The molecule has 0 spiro atoms. The third kappa shape index (κ3) is 5.79. The molecule has 15 heavy (non-hydrogen) atoms. The first kappa shape index (κ1) is 12.5. The fraction of sp³-hybridized carbons (Fsp3) is 0.455. The van der Waals surface area contributed by atoms with Gasteiger partial charge in [0, 0.05) is 4.90 Å². The van der Waals surface area contributed by atoms with Crippen LogP contribution in [0.25, 0.3) is 0 Å². The zero-order valence-corrected chi connectivity index (χ0v) is 9.67. The van der Waals surface area contributed by atoms with E-state index in [9.17, 15) is 5.11 Å². The Morgan fingerprint density at radius 3 is 2.80 bits per heavy atom. The summed E-state index contributed by atoms with van der Waals surface area (Å²) >= 11 is 1.80. The fourth-order valence-electron chi connectivity index (χ4n) is 1.18. The predicted molar refractivity (Wildman–Crippen MR) is 62.6 cm³/mol. The Hall–Kier alpha value is -0.550. The molecule has 1 rings (SSSR count). The maximum absolute atomic E-state index is 9.30. The third-order valence-electron chi connectivity index (χ3n) is 1.89. The van der Waals surface area contributed by atoms with Crippen molar-refractivity contribution in [3.05, 3.63) is 30.3 Å². The highest BCUT2D eigenvalue weighted by molar-refractivity contribution is 7.99. The first-order chi connectivity index (χ1) is 7.33. The molecule has 0 bridgehead atoms. The molecule has 0 heterocycles. The van der Waals surface area contributed by atoms with Gasteiger partial charge in [0.2, 0.25) is 0 Å². The summed E-state index contributed by atoms with van der Waals surface area (Å²) in [7, 11) is 1.50. The minimum Gasteiger partial charge on any atom is -0.377 e. The molecule has 2 N–H and O–H groups in total. The Bertz CT molecular complexity index is 256. The van der Waals surface area contributed by atoms with Crippen molar-refractivity contribution in [1.29, 1.82) is 0 Å². The molecular formula is C11H17NO2S. The summed E-state index contributed by atoms with van der Waals surface area (Å²) in [5, 5.41) is 9.30. The van der Waals surface area contributed by atoms with E-state index in [2.05, 4.69) is 22.5 Å². The van der Waals surface area contributed by atoms with E-state index >= 15 is 0 Å². The predicted octanol–water partition coefficient (Wildman–Crippen LogP) is 2.03. The molecule has 0 aromatic heterocycles. The number of benzene rings is 1. The summed E-state index contributed by atoms with van der Waals surface area (Å²) in [6.07, 6.45) is 1.09. The minimum atomic E-state index is -0.564. The fourth-order valence-corrected chi connectivity index (χ4v) is 2.07. The number of rotatable bonds is 7. The SMILES string of the molecule is CONC(O)CCCSc1ccccc1. The molecule has 0 aliphatic rings. The molecule has 1 aromatic carbocycles. The summed E-state index contributed by atoms with van der Waals surface area (Å²) < 4.78 is 0. The van der Waals surface area contributed by atoms with Crippen molar-refractivity contribution in [3.63, 3.8) is 0 Å². The highest BCUT2D eigenvalue weighted by atomic mass is 32.2. The van der Waals surface area contributed by atoms with Gasteiger partial charge in [-0.1, -0.05) is 18.2 Å². The second-order valence-corrected chi connectivity index (χ2v) is 4.31. The van der Waals surface area contributed by atoms with Crippen molar-refractivity contribution < 1.29 is 9.94 Å². The molecule has 1 aromatic rings. The highest BCUT2D eigenvalue weighted by Crippen LogP contribution is 2.18. The number of aliphatic hydroxyl groups is 1. The average molecular weight is 227 g/mol. The van der Waals surface area contributed by atoms with E-state index in [1.807, 2.05) is 18.2 Å². The van der Waals surface area contributed by atoms with Crippen LogP contribution in [-0.4, -0.2) is 24.2 Å². The number of hydroxylamine groups is 1. The summed E-state index contributed by atoms with van der Waals surface area (Å²) in [5.41, 5.74) is 2.49. The number of hydrogen-bond acceptors (Lipinski definition) is 4. The largest absolute Gasteiger partial charge is 0.377 e. The van der Waals surface area contributed by atoms with Crippen LogP contribution in [0.4, 0.5) is 0 Å². The standard InChI is InChI=1S/C11H17NO2S/c1-14-12-11(13)8-5-9-15-10-6-3-2-4-7-10/h2-4,6-7,11-13H,5,8-9H2,1H3. The maximum atomic E-state index is 9.30. The zero-order valence-electron chi connectivity index (χ0n) is 8.85. The summed E-state index contributed by atoms with van der Waals surface area (Å²) in [6, 6.07) is 10.3. The Kier molecular flexibility index (Phi) is 6.43. The smallest absolute Gasteiger partial charge is 0.127 e. The van der Waals surface area contributed by atoms with E-state index in [4.69, 9.17) is 0 Å². The van der Waals surface area contributed by atoms with E-state index in [0.29, 0.717) is 6.42 Å². The van der Waals surface area contributed by atoms with E-state index < -0.39 is 6.23 Å². The molecule has 0 saturated heterocycles. The lowest BCUT2D eigenvalue weighted by molar-refractivity contribution is -0.0340. The van der Waals surface area contributed by atoms with E-state index in [0.717, 1.165) is 12.2 Å². The molecule has 1 atom stereocenters. The van der Waals surface area contributed by atoms with Crippen LogP contribution >= 0.6 is 11.8 Å². The summed E-state index contributed by atoms with van der Waals surface area (Å²) in [4.78, 5) is 5.88. The molecule has 0 fully saturated rings. The average Bonchev–Trinajstić information content (AvgIpc) is 2.26. The van der Waals surface area contributed by atoms with Crippen LogP contribution in [0.1, 0.15) is 12.8 Å².